The standard InChI is InChI=1S/C15H14ClN3O/c1-3-5-15(20)18(2)10-12-9-17-19(11-12)14-7-4-6-13(16)8-14/h4,6-9,11H,10H2,1-2H3. The molecule has 1 aromatic heterocycles. The molecule has 0 aliphatic heterocycles. The molecule has 2 rings (SSSR count). The number of carbonyl (C=O) groups excluding carboxylic acids is 1. The van der Waals surface area contributed by atoms with Crippen LogP contribution >= 0.6 is 11.6 Å². The molecule has 0 saturated carbocycles. The average molecular weight is 288 g/mol. The maximum atomic E-state index is 11.6. The van der Waals surface area contributed by atoms with Crippen LogP contribution in [0.2, 0.25) is 5.02 Å². The lowest BCUT2D eigenvalue weighted by Crippen LogP contribution is -2.24. The van der Waals surface area contributed by atoms with E-state index in [1.54, 1.807) is 29.7 Å². The molecule has 20 heavy (non-hydrogen) atoms. The number of halogens is 1. The van der Waals surface area contributed by atoms with Crippen LogP contribution in [-0.2, 0) is 11.3 Å². The Labute approximate surface area is 123 Å². The van der Waals surface area contributed by atoms with Crippen LogP contribution in [0.4, 0.5) is 0 Å². The van der Waals surface area contributed by atoms with E-state index in [1.165, 1.54) is 0 Å². The molecular weight excluding hydrogens is 274 g/mol. The lowest BCUT2D eigenvalue weighted by Gasteiger charge is -2.11. The number of hydrogen-bond donors (Lipinski definition) is 0. The van der Waals surface area contributed by atoms with Crippen molar-refractivity contribution in [2.75, 3.05) is 7.05 Å². The summed E-state index contributed by atoms with van der Waals surface area (Å²) >= 11 is 5.95. The minimum Gasteiger partial charge on any atom is -0.331 e. The summed E-state index contributed by atoms with van der Waals surface area (Å²) in [4.78, 5) is 13.1. The van der Waals surface area contributed by atoms with Crippen molar-refractivity contribution in [1.82, 2.24) is 14.7 Å². The van der Waals surface area contributed by atoms with E-state index in [0.29, 0.717) is 11.6 Å². The molecule has 0 aliphatic rings. The van der Waals surface area contributed by atoms with Gasteiger partial charge in [0.1, 0.15) is 0 Å². The van der Waals surface area contributed by atoms with Gasteiger partial charge in [-0.2, -0.15) is 5.10 Å². The van der Waals surface area contributed by atoms with E-state index in [2.05, 4.69) is 16.9 Å². The van der Waals surface area contributed by atoms with Crippen LogP contribution in [0, 0.1) is 11.8 Å². The van der Waals surface area contributed by atoms with E-state index >= 15 is 0 Å². The topological polar surface area (TPSA) is 38.1 Å². The average Bonchev–Trinajstić information content (AvgIpc) is 2.87. The fraction of sp³-hybridized carbons (Fsp3) is 0.200. The van der Waals surface area contributed by atoms with Crippen LogP contribution in [0.25, 0.3) is 5.69 Å². The van der Waals surface area contributed by atoms with Crippen molar-refractivity contribution in [3.05, 3.63) is 47.2 Å². The first-order chi connectivity index (χ1) is 9.60. The zero-order valence-electron chi connectivity index (χ0n) is 11.3. The van der Waals surface area contributed by atoms with Crippen molar-refractivity contribution < 1.29 is 4.79 Å². The Morgan fingerprint density at radius 1 is 1.50 bits per heavy atom. The first-order valence-electron chi connectivity index (χ1n) is 6.07. The van der Waals surface area contributed by atoms with Gasteiger partial charge in [-0.15, -0.1) is 0 Å². The number of carbonyl (C=O) groups is 1. The monoisotopic (exact) mass is 287 g/mol. The van der Waals surface area contributed by atoms with E-state index in [0.717, 1.165) is 11.3 Å². The number of nitrogens with zero attached hydrogens (tertiary/aromatic N) is 3. The molecule has 2 aromatic rings. The number of rotatable bonds is 3. The highest BCUT2D eigenvalue weighted by atomic mass is 35.5. The van der Waals surface area contributed by atoms with Gasteiger partial charge in [-0.3, -0.25) is 4.79 Å². The molecule has 0 N–H and O–H groups in total. The second-order valence-electron chi connectivity index (χ2n) is 4.31. The SMILES string of the molecule is CC#CC(=O)N(C)Cc1cnn(-c2cccc(Cl)c2)c1. The third kappa shape index (κ3) is 3.40. The first kappa shape index (κ1) is 14.2. The van der Waals surface area contributed by atoms with Gasteiger partial charge in [0.05, 0.1) is 11.9 Å². The van der Waals surface area contributed by atoms with Crippen LogP contribution in [-0.4, -0.2) is 27.6 Å². The maximum absolute atomic E-state index is 11.6. The number of amides is 1. The van der Waals surface area contributed by atoms with Gasteiger partial charge in [-0.05, 0) is 31.0 Å². The molecule has 0 unspecified atom stereocenters. The molecular formula is C15H14ClN3O. The number of benzene rings is 1. The van der Waals surface area contributed by atoms with Crippen LogP contribution in [0.15, 0.2) is 36.7 Å². The zero-order valence-corrected chi connectivity index (χ0v) is 12.1. The van der Waals surface area contributed by atoms with Crippen molar-refractivity contribution in [3.8, 4) is 17.5 Å². The van der Waals surface area contributed by atoms with Crippen molar-refractivity contribution >= 4 is 17.5 Å². The van der Waals surface area contributed by atoms with E-state index in [-0.39, 0.29) is 5.91 Å². The van der Waals surface area contributed by atoms with Gasteiger partial charge in [0.15, 0.2) is 0 Å². The first-order valence-corrected chi connectivity index (χ1v) is 6.45. The molecule has 1 aromatic carbocycles. The molecule has 4 nitrogen and oxygen atoms in total. The molecule has 0 spiro atoms. The quantitative estimate of drug-likeness (QED) is 0.814. The predicted molar refractivity (Wildman–Crippen MR) is 78.5 cm³/mol. The Bertz CT molecular complexity index is 682. The molecule has 1 amide bonds. The summed E-state index contributed by atoms with van der Waals surface area (Å²) < 4.78 is 1.73. The Kier molecular flexibility index (Phi) is 4.44. The van der Waals surface area contributed by atoms with Gasteiger partial charge in [0, 0.05) is 30.4 Å². The molecule has 5 heteroatoms. The lowest BCUT2D eigenvalue weighted by atomic mass is 10.3. The Morgan fingerprint density at radius 2 is 2.30 bits per heavy atom. The van der Waals surface area contributed by atoms with Crippen molar-refractivity contribution in [1.29, 1.82) is 0 Å². The largest absolute Gasteiger partial charge is 0.331 e. The summed E-state index contributed by atoms with van der Waals surface area (Å²) in [5, 5.41) is 4.93. The highest BCUT2D eigenvalue weighted by molar-refractivity contribution is 6.30. The second kappa shape index (κ2) is 6.27. The van der Waals surface area contributed by atoms with Gasteiger partial charge in [-0.1, -0.05) is 23.6 Å². The fourth-order valence-corrected chi connectivity index (χ4v) is 1.93. The highest BCUT2D eigenvalue weighted by Gasteiger charge is 2.08. The summed E-state index contributed by atoms with van der Waals surface area (Å²) in [5.74, 6) is 4.89. The molecule has 1 heterocycles. The maximum Gasteiger partial charge on any atom is 0.298 e. The summed E-state index contributed by atoms with van der Waals surface area (Å²) in [6, 6.07) is 7.42. The van der Waals surface area contributed by atoms with E-state index in [9.17, 15) is 4.79 Å². The minimum absolute atomic E-state index is 0.206. The van der Waals surface area contributed by atoms with Crippen LogP contribution in [0.5, 0.6) is 0 Å². The summed E-state index contributed by atoms with van der Waals surface area (Å²) in [6.07, 6.45) is 3.60. The summed E-state index contributed by atoms with van der Waals surface area (Å²) in [5.41, 5.74) is 1.81. The molecule has 0 radical (unpaired) electrons. The molecule has 0 aliphatic carbocycles. The Morgan fingerprint density at radius 3 is 3.00 bits per heavy atom. The predicted octanol–water partition coefficient (Wildman–Crippen LogP) is 2.51. The summed E-state index contributed by atoms with van der Waals surface area (Å²) in [6.45, 7) is 2.11. The smallest absolute Gasteiger partial charge is 0.298 e. The Hall–Kier alpha value is -2.25. The van der Waals surface area contributed by atoms with Crippen LogP contribution in [0.3, 0.4) is 0 Å². The van der Waals surface area contributed by atoms with Crippen molar-refractivity contribution in [2.24, 2.45) is 0 Å². The van der Waals surface area contributed by atoms with E-state index in [4.69, 9.17) is 11.6 Å². The van der Waals surface area contributed by atoms with E-state index < -0.39 is 0 Å². The van der Waals surface area contributed by atoms with Gasteiger partial charge >= 0.3 is 0 Å². The fourth-order valence-electron chi connectivity index (χ4n) is 1.75. The molecule has 0 saturated heterocycles. The molecule has 0 atom stereocenters. The molecule has 0 bridgehead atoms. The van der Waals surface area contributed by atoms with Crippen molar-refractivity contribution in [3.63, 3.8) is 0 Å². The zero-order chi connectivity index (χ0) is 14.5. The van der Waals surface area contributed by atoms with Gasteiger partial charge in [-0.25, -0.2) is 4.68 Å². The molecule has 102 valence electrons. The van der Waals surface area contributed by atoms with Gasteiger partial charge in [0.25, 0.3) is 5.91 Å². The second-order valence-corrected chi connectivity index (χ2v) is 4.75. The van der Waals surface area contributed by atoms with Crippen molar-refractivity contribution in [2.45, 2.75) is 13.5 Å². The third-order valence-corrected chi connectivity index (χ3v) is 2.94. The Balaban J connectivity index is 2.13. The van der Waals surface area contributed by atoms with Gasteiger partial charge in [0.2, 0.25) is 0 Å². The lowest BCUT2D eigenvalue weighted by molar-refractivity contribution is -0.124. The highest BCUT2D eigenvalue weighted by Crippen LogP contribution is 2.15. The molecule has 0 fully saturated rings. The minimum atomic E-state index is -0.206. The third-order valence-electron chi connectivity index (χ3n) is 2.71. The van der Waals surface area contributed by atoms with Gasteiger partial charge < -0.3 is 4.90 Å². The normalized spacial score (nSPS) is 9.75. The summed E-state index contributed by atoms with van der Waals surface area (Å²) in [7, 11) is 1.71. The van der Waals surface area contributed by atoms with Crippen LogP contribution in [0.1, 0.15) is 12.5 Å². The van der Waals surface area contributed by atoms with E-state index in [1.807, 2.05) is 30.5 Å². The number of aromatic nitrogens is 2. The number of hydrogen-bond acceptors (Lipinski definition) is 2. The van der Waals surface area contributed by atoms with Crippen LogP contribution < -0.4 is 0 Å².